The first-order chi connectivity index (χ1) is 18.1. The molecule has 5 aromatic rings. The third-order valence-corrected chi connectivity index (χ3v) is 6.46. The molecule has 38 heavy (non-hydrogen) atoms. The van der Waals surface area contributed by atoms with Gasteiger partial charge >= 0.3 is 0 Å². The van der Waals surface area contributed by atoms with Gasteiger partial charge in [-0.2, -0.15) is 0 Å². The Labute approximate surface area is 224 Å². The summed E-state index contributed by atoms with van der Waals surface area (Å²) >= 11 is 11.9. The smallest absolute Gasteiger partial charge is 0.278 e. The molecule has 2 aromatic heterocycles. The summed E-state index contributed by atoms with van der Waals surface area (Å²) in [7, 11) is 0. The number of aliphatic hydroxyl groups excluding tert-OH is 2. The summed E-state index contributed by atoms with van der Waals surface area (Å²) in [6, 6.07) is 15.2. The SMILES string of the molecule is C=C(c1nc2ccc(Cl)cc2[nH]c1=O)[C@H](O)c1ccc([C@H](O)C(=O)c2nc3ccc(Cl)cc3[nH]c2=O)cc1. The molecule has 3 aromatic carbocycles. The molecule has 11 heteroatoms. The second kappa shape index (κ2) is 9.96. The predicted molar refractivity (Wildman–Crippen MR) is 144 cm³/mol. The van der Waals surface area contributed by atoms with Gasteiger partial charge in [-0.3, -0.25) is 14.4 Å². The lowest BCUT2D eigenvalue weighted by Crippen LogP contribution is -2.24. The van der Waals surface area contributed by atoms with Gasteiger partial charge in [0.1, 0.15) is 17.9 Å². The van der Waals surface area contributed by atoms with Crippen molar-refractivity contribution in [1.29, 1.82) is 0 Å². The number of carbonyl (C=O) groups excluding carboxylic acids is 1. The minimum atomic E-state index is -1.68. The van der Waals surface area contributed by atoms with Crippen molar-refractivity contribution in [2.75, 3.05) is 0 Å². The van der Waals surface area contributed by atoms with E-state index in [1.165, 1.54) is 30.3 Å². The van der Waals surface area contributed by atoms with Crippen LogP contribution in [-0.2, 0) is 0 Å². The van der Waals surface area contributed by atoms with E-state index in [0.29, 0.717) is 37.7 Å². The van der Waals surface area contributed by atoms with Crippen LogP contribution >= 0.6 is 23.2 Å². The van der Waals surface area contributed by atoms with E-state index in [4.69, 9.17) is 23.2 Å². The van der Waals surface area contributed by atoms with E-state index in [1.54, 1.807) is 30.3 Å². The highest BCUT2D eigenvalue weighted by Gasteiger charge is 2.25. The minimum absolute atomic E-state index is 0.0468. The predicted octanol–water partition coefficient (Wildman–Crippen LogP) is 4.13. The van der Waals surface area contributed by atoms with Crippen LogP contribution in [0.3, 0.4) is 0 Å². The zero-order valence-electron chi connectivity index (χ0n) is 19.4. The number of aromatic amines is 2. The molecule has 0 aliphatic heterocycles. The van der Waals surface area contributed by atoms with Gasteiger partial charge in [-0.25, -0.2) is 9.97 Å². The van der Waals surface area contributed by atoms with Crippen LogP contribution in [0.2, 0.25) is 10.0 Å². The fourth-order valence-corrected chi connectivity index (χ4v) is 4.32. The average molecular weight is 549 g/mol. The lowest BCUT2D eigenvalue weighted by molar-refractivity contribution is 0.0740. The van der Waals surface area contributed by atoms with Gasteiger partial charge in [-0.05, 0) is 47.5 Å². The Kier molecular flexibility index (Phi) is 6.68. The Morgan fingerprint density at radius 2 is 1.18 bits per heavy atom. The Morgan fingerprint density at radius 1 is 0.737 bits per heavy atom. The van der Waals surface area contributed by atoms with Crippen molar-refractivity contribution in [3.05, 3.63) is 121 Å². The number of benzene rings is 3. The number of nitrogens with zero attached hydrogens (tertiary/aromatic N) is 2. The zero-order valence-corrected chi connectivity index (χ0v) is 20.9. The first kappa shape index (κ1) is 25.5. The van der Waals surface area contributed by atoms with Crippen molar-refractivity contribution < 1.29 is 15.0 Å². The number of halogens is 2. The molecule has 9 nitrogen and oxygen atoms in total. The molecule has 0 amide bonds. The summed E-state index contributed by atoms with van der Waals surface area (Å²) in [5, 5.41) is 22.3. The standard InChI is InChI=1S/C27H18Cl2N4O5/c1-12(21-26(37)32-19-10-15(28)6-8-17(19)30-21)23(34)13-2-4-14(5-3-13)24(35)25(36)22-27(38)33-20-11-16(29)7-9-18(20)31-22/h2-11,23-24,34-35H,1H2,(H,32,37)(H,33,38)/t23-,24-/m0/s1. The fourth-order valence-electron chi connectivity index (χ4n) is 3.97. The normalized spacial score (nSPS) is 12.9. The first-order valence-electron chi connectivity index (χ1n) is 11.2. The van der Waals surface area contributed by atoms with E-state index in [1.807, 2.05) is 0 Å². The fraction of sp³-hybridized carbons (Fsp3) is 0.0741. The molecular weight excluding hydrogens is 531 g/mol. The summed E-state index contributed by atoms with van der Waals surface area (Å²) in [6.07, 6.45) is -2.98. The number of aromatic nitrogens is 4. The Hall–Kier alpha value is -4.15. The van der Waals surface area contributed by atoms with Crippen LogP contribution in [0.25, 0.3) is 27.6 Å². The molecular formula is C27H18Cl2N4O5. The van der Waals surface area contributed by atoms with E-state index in [2.05, 4.69) is 26.5 Å². The van der Waals surface area contributed by atoms with Crippen LogP contribution < -0.4 is 11.1 Å². The Bertz CT molecular complexity index is 1730. The molecule has 0 saturated heterocycles. The molecule has 2 heterocycles. The van der Waals surface area contributed by atoms with Gasteiger partial charge in [0.15, 0.2) is 5.69 Å². The quantitative estimate of drug-likeness (QED) is 0.233. The zero-order chi connectivity index (χ0) is 27.1. The number of hydrogen-bond acceptors (Lipinski definition) is 7. The summed E-state index contributed by atoms with van der Waals surface area (Å²) in [6.45, 7) is 3.84. The number of ketones is 1. The van der Waals surface area contributed by atoms with E-state index in [9.17, 15) is 24.6 Å². The molecule has 0 fully saturated rings. The summed E-state index contributed by atoms with van der Waals surface area (Å²) in [5.41, 5.74) is 0.371. The van der Waals surface area contributed by atoms with Crippen molar-refractivity contribution in [2.45, 2.75) is 12.2 Å². The average Bonchev–Trinajstić information content (AvgIpc) is 2.90. The van der Waals surface area contributed by atoms with Gasteiger partial charge in [-0.1, -0.05) is 54.0 Å². The maximum Gasteiger partial charge on any atom is 0.278 e. The summed E-state index contributed by atoms with van der Waals surface area (Å²) < 4.78 is 0. The molecule has 190 valence electrons. The van der Waals surface area contributed by atoms with Crippen molar-refractivity contribution >= 4 is 56.6 Å². The molecule has 0 unspecified atom stereocenters. The molecule has 0 saturated carbocycles. The van der Waals surface area contributed by atoms with Gasteiger partial charge in [0.05, 0.1) is 22.1 Å². The van der Waals surface area contributed by atoms with Crippen molar-refractivity contribution in [2.24, 2.45) is 0 Å². The lowest BCUT2D eigenvalue weighted by Gasteiger charge is -2.15. The first-order valence-corrected chi connectivity index (χ1v) is 12.0. The number of nitrogens with one attached hydrogen (secondary N) is 2. The molecule has 2 atom stereocenters. The minimum Gasteiger partial charge on any atom is -0.384 e. The van der Waals surface area contributed by atoms with Crippen LogP contribution in [0.1, 0.15) is 39.5 Å². The van der Waals surface area contributed by atoms with Crippen LogP contribution in [0.4, 0.5) is 0 Å². The topological polar surface area (TPSA) is 149 Å². The van der Waals surface area contributed by atoms with Crippen molar-refractivity contribution in [3.8, 4) is 0 Å². The van der Waals surface area contributed by atoms with Crippen molar-refractivity contribution in [3.63, 3.8) is 0 Å². The maximum atomic E-state index is 12.9. The van der Waals surface area contributed by atoms with Crippen LogP contribution in [-0.4, -0.2) is 35.9 Å². The number of aliphatic hydroxyl groups is 2. The highest BCUT2D eigenvalue weighted by Crippen LogP contribution is 2.28. The van der Waals surface area contributed by atoms with E-state index < -0.39 is 34.8 Å². The molecule has 0 spiro atoms. The highest BCUT2D eigenvalue weighted by atomic mass is 35.5. The Balaban J connectivity index is 1.38. The van der Waals surface area contributed by atoms with Gasteiger partial charge in [0, 0.05) is 15.6 Å². The van der Waals surface area contributed by atoms with Gasteiger partial charge < -0.3 is 20.2 Å². The van der Waals surface area contributed by atoms with Gasteiger partial charge in [0.2, 0.25) is 5.78 Å². The van der Waals surface area contributed by atoms with E-state index in [0.717, 1.165) is 0 Å². The van der Waals surface area contributed by atoms with E-state index in [-0.39, 0.29) is 16.8 Å². The van der Waals surface area contributed by atoms with Gasteiger partial charge in [0.25, 0.3) is 11.1 Å². The monoisotopic (exact) mass is 548 g/mol. The van der Waals surface area contributed by atoms with Crippen LogP contribution in [0.5, 0.6) is 0 Å². The van der Waals surface area contributed by atoms with E-state index >= 15 is 0 Å². The number of fused-ring (bicyclic) bond motifs is 2. The second-order valence-electron chi connectivity index (χ2n) is 8.51. The third kappa shape index (κ3) is 4.75. The molecule has 5 rings (SSSR count). The molecule has 0 aliphatic carbocycles. The summed E-state index contributed by atoms with van der Waals surface area (Å²) in [5.74, 6) is -0.896. The largest absolute Gasteiger partial charge is 0.384 e. The lowest BCUT2D eigenvalue weighted by atomic mass is 9.96. The van der Waals surface area contributed by atoms with Crippen molar-refractivity contribution in [1.82, 2.24) is 19.9 Å². The Morgan fingerprint density at radius 3 is 1.71 bits per heavy atom. The van der Waals surface area contributed by atoms with Gasteiger partial charge in [-0.15, -0.1) is 0 Å². The number of Topliss-reactive ketones (excluding diaryl/α,β-unsaturated/α-hetero) is 1. The van der Waals surface area contributed by atoms with Crippen LogP contribution in [0.15, 0.2) is 76.8 Å². The maximum absolute atomic E-state index is 12.9. The molecule has 0 aliphatic rings. The van der Waals surface area contributed by atoms with Crippen LogP contribution in [0, 0.1) is 0 Å². The second-order valence-corrected chi connectivity index (χ2v) is 9.39. The molecule has 4 N–H and O–H groups in total. The molecule has 0 bridgehead atoms. The number of rotatable bonds is 6. The molecule has 0 radical (unpaired) electrons. The summed E-state index contributed by atoms with van der Waals surface area (Å²) in [4.78, 5) is 51.5. The number of H-pyrrole nitrogens is 2. The number of carbonyl (C=O) groups is 1. The number of hydrogen-bond donors (Lipinski definition) is 4. The highest BCUT2D eigenvalue weighted by molar-refractivity contribution is 6.31. The third-order valence-electron chi connectivity index (χ3n) is 5.99.